The number of halogens is 8. The molecule has 2 aromatic carbocycles. The van der Waals surface area contributed by atoms with Crippen LogP contribution in [0, 0.1) is 5.92 Å². The number of fused-ring (bicyclic) bond motifs is 1. The molecule has 1 N–H and O–H groups in total. The van der Waals surface area contributed by atoms with Crippen molar-refractivity contribution in [3.05, 3.63) is 66.5 Å². The highest BCUT2D eigenvalue weighted by Gasteiger charge is 2.45. The number of anilines is 1. The number of hydrogen-bond donors (Lipinski definition) is 1. The highest BCUT2D eigenvalue weighted by Crippen LogP contribution is 2.45. The fourth-order valence-electron chi connectivity index (χ4n) is 4.51. The van der Waals surface area contributed by atoms with Gasteiger partial charge in [0.1, 0.15) is 24.8 Å². The van der Waals surface area contributed by atoms with E-state index in [1.165, 1.54) is 30.4 Å². The molecule has 1 aliphatic heterocycles. The first-order valence-corrected chi connectivity index (χ1v) is 11.7. The van der Waals surface area contributed by atoms with Crippen molar-refractivity contribution in [2.24, 2.45) is 5.92 Å². The van der Waals surface area contributed by atoms with Crippen LogP contribution < -0.4 is 14.4 Å². The fraction of sp³-hybridized carbons (Fsp3) is 0.385. The number of rotatable bonds is 9. The number of nitrogens with zero attached hydrogens (tertiary/aromatic N) is 1. The molecule has 1 aliphatic carbocycles. The Morgan fingerprint density at radius 2 is 1.79 bits per heavy atom. The minimum atomic E-state index is -4.90. The van der Waals surface area contributed by atoms with E-state index in [1.54, 1.807) is 23.1 Å². The molecular formula is C26H23F8NO4. The van der Waals surface area contributed by atoms with Crippen LogP contribution in [0.25, 0.3) is 11.1 Å². The molecule has 0 bridgehead atoms. The minimum Gasteiger partial charge on any atom is -0.489 e. The largest absolute Gasteiger partial charge is 0.573 e. The third-order valence-corrected chi connectivity index (χ3v) is 6.14. The zero-order valence-corrected chi connectivity index (χ0v) is 20.1. The predicted octanol–water partition coefficient (Wildman–Crippen LogP) is 6.48. The fourth-order valence-corrected chi connectivity index (χ4v) is 4.51. The smallest absolute Gasteiger partial charge is 0.489 e. The van der Waals surface area contributed by atoms with Gasteiger partial charge >= 0.3 is 18.9 Å². The van der Waals surface area contributed by atoms with Crippen LogP contribution in [0.1, 0.15) is 6.42 Å². The molecule has 1 unspecified atom stereocenters. The lowest BCUT2D eigenvalue weighted by Crippen LogP contribution is -2.50. The molecule has 2 aromatic rings. The molecular weight excluding hydrogens is 542 g/mol. The third kappa shape index (κ3) is 6.75. The Labute approximate surface area is 217 Å². The summed E-state index contributed by atoms with van der Waals surface area (Å²) in [5.74, 6) is -1.32. The highest BCUT2D eigenvalue weighted by atomic mass is 19.4. The number of para-hydroxylation sites is 1. The van der Waals surface area contributed by atoms with Gasteiger partial charge in [-0.3, -0.25) is 0 Å². The molecule has 39 heavy (non-hydrogen) atoms. The van der Waals surface area contributed by atoms with Crippen molar-refractivity contribution < 1.29 is 54.4 Å². The average Bonchev–Trinajstić information content (AvgIpc) is 2.87. The molecule has 212 valence electrons. The Kier molecular flexibility index (Phi) is 8.28. The second-order valence-corrected chi connectivity index (χ2v) is 8.90. The van der Waals surface area contributed by atoms with E-state index in [4.69, 9.17) is 4.74 Å². The number of alkyl halides is 8. The molecule has 0 spiro atoms. The number of hydrogen-bond acceptors (Lipinski definition) is 5. The Morgan fingerprint density at radius 1 is 1.05 bits per heavy atom. The second kappa shape index (κ2) is 11.3. The predicted molar refractivity (Wildman–Crippen MR) is 125 cm³/mol. The lowest BCUT2D eigenvalue weighted by Gasteiger charge is -2.43. The van der Waals surface area contributed by atoms with E-state index in [0.29, 0.717) is 16.8 Å². The molecule has 3 atom stereocenters. The summed E-state index contributed by atoms with van der Waals surface area (Å²) in [5.41, 5.74) is 1.07. The van der Waals surface area contributed by atoms with E-state index in [0.717, 1.165) is 12.1 Å². The van der Waals surface area contributed by atoms with Gasteiger partial charge in [0.2, 0.25) is 0 Å². The van der Waals surface area contributed by atoms with Crippen LogP contribution in [0.5, 0.6) is 11.5 Å². The molecule has 0 aromatic heterocycles. The Bertz CT molecular complexity index is 1220. The normalized spacial score (nSPS) is 20.3. The first-order chi connectivity index (χ1) is 18.4. The Hall–Kier alpha value is -3.48. The van der Waals surface area contributed by atoms with Crippen molar-refractivity contribution in [1.82, 2.24) is 0 Å². The first kappa shape index (κ1) is 28.5. The number of allylic oxidation sites excluding steroid dienone is 2. The number of aliphatic hydroxyl groups excluding tert-OH is 1. The zero-order chi connectivity index (χ0) is 28.4. The lowest BCUT2D eigenvalue weighted by molar-refractivity contribution is -0.280. The van der Waals surface area contributed by atoms with Crippen molar-refractivity contribution in [1.29, 1.82) is 0 Å². The quantitative estimate of drug-likeness (QED) is 0.353. The summed E-state index contributed by atoms with van der Waals surface area (Å²) < 4.78 is 118. The summed E-state index contributed by atoms with van der Waals surface area (Å²) in [4.78, 5) is 1.60. The number of ether oxygens (including phenoxy) is 3. The van der Waals surface area contributed by atoms with E-state index < -0.39 is 55.1 Å². The molecule has 5 nitrogen and oxygen atoms in total. The van der Waals surface area contributed by atoms with Crippen LogP contribution in [-0.4, -0.2) is 56.0 Å². The molecule has 0 amide bonds. The summed E-state index contributed by atoms with van der Waals surface area (Å²) in [7, 11) is 0. The van der Waals surface area contributed by atoms with Gasteiger partial charge in [0, 0.05) is 18.0 Å². The molecule has 1 heterocycles. The van der Waals surface area contributed by atoms with Crippen molar-refractivity contribution in [2.45, 2.75) is 37.5 Å². The van der Waals surface area contributed by atoms with Crippen LogP contribution in [-0.2, 0) is 4.74 Å². The van der Waals surface area contributed by atoms with Crippen molar-refractivity contribution in [2.75, 3.05) is 24.7 Å². The Balaban J connectivity index is 1.68. The van der Waals surface area contributed by atoms with Crippen LogP contribution in [0.3, 0.4) is 0 Å². The maximum atomic E-state index is 13.5. The van der Waals surface area contributed by atoms with Crippen LogP contribution in [0.4, 0.5) is 40.8 Å². The molecule has 4 rings (SSSR count). The van der Waals surface area contributed by atoms with Gasteiger partial charge in [-0.15, -0.1) is 13.2 Å². The lowest BCUT2D eigenvalue weighted by atomic mass is 9.89. The summed E-state index contributed by atoms with van der Waals surface area (Å²) in [6.07, 6.45) is -11.0. The van der Waals surface area contributed by atoms with Gasteiger partial charge in [0.25, 0.3) is 0 Å². The van der Waals surface area contributed by atoms with Gasteiger partial charge in [0.05, 0.1) is 17.8 Å². The molecule has 13 heteroatoms. The number of aliphatic hydroxyl groups is 1. The van der Waals surface area contributed by atoms with Crippen LogP contribution in [0.2, 0.25) is 0 Å². The van der Waals surface area contributed by atoms with Gasteiger partial charge < -0.3 is 24.2 Å². The topological polar surface area (TPSA) is 51.2 Å². The highest BCUT2D eigenvalue weighted by molar-refractivity contribution is 5.80. The monoisotopic (exact) mass is 565 g/mol. The standard InChI is InChI=1S/C26H23F8NO4/c27-12-17(36)13-35-21-9-3-8-20(15-4-1-7-19(10-15)39-26(32,33)34)23(21)37-14-22(35)16-5-2-6-18(11-16)38-25(30,31)24(28)29/h1-4,6-11,16-17,22,24,36H,5,12-14H2/t16?,17-,22+/m0/s1. The van der Waals surface area contributed by atoms with Crippen LogP contribution in [0.15, 0.2) is 66.5 Å². The maximum absolute atomic E-state index is 13.5. The van der Waals surface area contributed by atoms with Crippen molar-refractivity contribution in [3.63, 3.8) is 0 Å². The zero-order valence-electron chi connectivity index (χ0n) is 20.1. The molecule has 2 aliphatic rings. The SMILES string of the molecule is O[C@@H](CF)CN1c2cccc(-c3cccc(OC(F)(F)F)c3)c2OC[C@@H]1C1C=C(OC(F)(F)C(F)F)C=CC1. The summed E-state index contributed by atoms with van der Waals surface area (Å²) in [5, 5.41) is 10.1. The molecule has 0 saturated heterocycles. The first-order valence-electron chi connectivity index (χ1n) is 11.7. The van der Waals surface area contributed by atoms with E-state index in [-0.39, 0.29) is 25.3 Å². The van der Waals surface area contributed by atoms with Crippen LogP contribution >= 0.6 is 0 Å². The van der Waals surface area contributed by atoms with Crippen molar-refractivity contribution >= 4 is 5.69 Å². The third-order valence-electron chi connectivity index (χ3n) is 6.14. The summed E-state index contributed by atoms with van der Waals surface area (Å²) in [6.45, 7) is -1.43. The van der Waals surface area contributed by atoms with Gasteiger partial charge in [-0.2, -0.15) is 17.6 Å². The second-order valence-electron chi connectivity index (χ2n) is 8.90. The minimum absolute atomic E-state index is 0.102. The van der Waals surface area contributed by atoms with Crippen molar-refractivity contribution in [3.8, 4) is 22.6 Å². The number of benzene rings is 2. The van der Waals surface area contributed by atoms with Gasteiger partial charge in [-0.1, -0.05) is 30.3 Å². The van der Waals surface area contributed by atoms with Gasteiger partial charge in [0.15, 0.2) is 5.75 Å². The average molecular weight is 565 g/mol. The molecule has 0 fully saturated rings. The maximum Gasteiger partial charge on any atom is 0.573 e. The van der Waals surface area contributed by atoms with E-state index in [2.05, 4.69) is 9.47 Å². The van der Waals surface area contributed by atoms with Gasteiger partial charge in [-0.05, 0) is 42.3 Å². The molecule has 0 radical (unpaired) electrons. The summed E-state index contributed by atoms with van der Waals surface area (Å²) in [6, 6.07) is 9.30. The van der Waals surface area contributed by atoms with E-state index in [9.17, 15) is 40.2 Å². The van der Waals surface area contributed by atoms with Gasteiger partial charge in [-0.25, -0.2) is 4.39 Å². The van der Waals surface area contributed by atoms with E-state index >= 15 is 0 Å². The summed E-state index contributed by atoms with van der Waals surface area (Å²) >= 11 is 0. The Morgan fingerprint density at radius 3 is 2.49 bits per heavy atom. The van der Waals surface area contributed by atoms with E-state index in [1.807, 2.05) is 0 Å². The molecule has 0 saturated carbocycles. The number of β-amino-alcohol motifs (C(OH)–C–C–N with tert-alkyl or cyclic N) is 1.